The van der Waals surface area contributed by atoms with E-state index in [-0.39, 0.29) is 0 Å². The van der Waals surface area contributed by atoms with E-state index in [1.165, 1.54) is 76.8 Å². The Bertz CT molecular complexity index is 3350. The van der Waals surface area contributed by atoms with Gasteiger partial charge in [-0.1, -0.05) is 170 Å². The first-order chi connectivity index (χ1) is 27.3. The Labute approximate surface area is 317 Å². The zero-order chi connectivity index (χ0) is 36.0. The standard InChI is InChI=1S/C52H31N3/c1-4-17-32(18-5-1)45-36-24-10-11-25-37(36)46(33-19-6-2-7-20-33)49-42-31-41-35-23-13-15-30-44(35)55(51(41)40-28-16-27-39(47(40)42)48(45)49)52-53-43-29-14-12-26-38(43)50(54-52)34-21-8-3-9-22-34/h1-31H. The topological polar surface area (TPSA) is 30.7 Å². The van der Waals surface area contributed by atoms with Gasteiger partial charge < -0.3 is 0 Å². The highest BCUT2D eigenvalue weighted by atomic mass is 15.2. The van der Waals surface area contributed by atoms with E-state index < -0.39 is 0 Å². The van der Waals surface area contributed by atoms with Crippen LogP contribution in [0.25, 0.3) is 116 Å². The fourth-order valence-electron chi connectivity index (χ4n) is 9.31. The summed E-state index contributed by atoms with van der Waals surface area (Å²) >= 11 is 0. The molecule has 55 heavy (non-hydrogen) atoms. The summed E-state index contributed by atoms with van der Waals surface area (Å²) in [6.07, 6.45) is 0. The summed E-state index contributed by atoms with van der Waals surface area (Å²) in [5.41, 5.74) is 15.2. The first kappa shape index (κ1) is 30.1. The van der Waals surface area contributed by atoms with Gasteiger partial charge in [-0.2, -0.15) is 0 Å². The van der Waals surface area contributed by atoms with Crippen LogP contribution in [0, 0.1) is 0 Å². The number of fused-ring (bicyclic) bond motifs is 9. The fourth-order valence-corrected chi connectivity index (χ4v) is 9.31. The molecule has 2 aromatic heterocycles. The van der Waals surface area contributed by atoms with Crippen LogP contribution in [-0.2, 0) is 0 Å². The highest BCUT2D eigenvalue weighted by molar-refractivity contribution is 6.32. The molecule has 9 aromatic carbocycles. The lowest BCUT2D eigenvalue weighted by molar-refractivity contribution is 1.02. The number of hydrogen-bond donors (Lipinski definition) is 0. The lowest BCUT2D eigenvalue weighted by Gasteiger charge is -2.20. The summed E-state index contributed by atoms with van der Waals surface area (Å²) in [5.74, 6) is 0.667. The van der Waals surface area contributed by atoms with E-state index in [0.717, 1.165) is 33.2 Å². The molecule has 3 heteroatoms. The van der Waals surface area contributed by atoms with E-state index in [2.05, 4.69) is 193 Å². The summed E-state index contributed by atoms with van der Waals surface area (Å²) in [4.78, 5) is 10.7. The maximum absolute atomic E-state index is 5.42. The third kappa shape index (κ3) is 4.26. The maximum Gasteiger partial charge on any atom is 0.235 e. The molecule has 0 saturated heterocycles. The van der Waals surface area contributed by atoms with Crippen LogP contribution in [0.1, 0.15) is 0 Å². The number of aromatic nitrogens is 3. The molecule has 11 aromatic rings. The average molecular weight is 698 g/mol. The summed E-state index contributed by atoms with van der Waals surface area (Å²) in [5, 5.41) is 8.38. The number of hydrogen-bond acceptors (Lipinski definition) is 2. The molecule has 3 nitrogen and oxygen atoms in total. The second-order valence-corrected chi connectivity index (χ2v) is 14.4. The molecule has 0 fully saturated rings. The number of nitrogens with zero attached hydrogens (tertiary/aromatic N) is 3. The Morgan fingerprint density at radius 3 is 1.55 bits per heavy atom. The molecule has 1 aliphatic carbocycles. The summed E-state index contributed by atoms with van der Waals surface area (Å²) < 4.78 is 2.31. The third-order valence-corrected chi connectivity index (χ3v) is 11.5. The van der Waals surface area contributed by atoms with Crippen LogP contribution in [0.15, 0.2) is 188 Å². The molecule has 12 rings (SSSR count). The van der Waals surface area contributed by atoms with Gasteiger partial charge in [0.1, 0.15) is 0 Å². The number of benzene rings is 9. The van der Waals surface area contributed by atoms with E-state index in [0.29, 0.717) is 5.95 Å². The molecular formula is C52H31N3. The minimum Gasteiger partial charge on any atom is -0.277 e. The Kier molecular flexibility index (Phi) is 6.34. The maximum atomic E-state index is 5.42. The van der Waals surface area contributed by atoms with Crippen LogP contribution in [0.5, 0.6) is 0 Å². The predicted molar refractivity (Wildman–Crippen MR) is 230 cm³/mol. The van der Waals surface area contributed by atoms with Crippen molar-refractivity contribution in [3.05, 3.63) is 188 Å². The molecule has 0 unspecified atom stereocenters. The summed E-state index contributed by atoms with van der Waals surface area (Å²) in [7, 11) is 0. The Hall–Kier alpha value is -7.36. The SMILES string of the molecule is c1ccc(-c2nc(-n3c4ccccc4c4cc5c6c(cccc6c43)-c3c-5c(-c4ccccc4)c4ccccc4c3-c3ccccc3)nc3ccccc23)cc1. The fraction of sp³-hybridized carbons (Fsp3) is 0. The first-order valence-electron chi connectivity index (χ1n) is 18.9. The zero-order valence-corrected chi connectivity index (χ0v) is 29.7. The molecular weight excluding hydrogens is 667 g/mol. The Balaban J connectivity index is 1.26. The van der Waals surface area contributed by atoms with Crippen LogP contribution in [0.2, 0.25) is 0 Å². The van der Waals surface area contributed by atoms with Crippen molar-refractivity contribution < 1.29 is 0 Å². The molecule has 254 valence electrons. The van der Waals surface area contributed by atoms with Crippen molar-refractivity contribution in [1.29, 1.82) is 0 Å². The molecule has 2 heterocycles. The Morgan fingerprint density at radius 2 is 0.873 bits per heavy atom. The molecule has 1 aliphatic rings. The molecule has 0 spiro atoms. The van der Waals surface area contributed by atoms with Gasteiger partial charge in [0.25, 0.3) is 0 Å². The van der Waals surface area contributed by atoms with Gasteiger partial charge in [-0.3, -0.25) is 4.57 Å². The van der Waals surface area contributed by atoms with Gasteiger partial charge in [-0.05, 0) is 78.9 Å². The van der Waals surface area contributed by atoms with Crippen molar-refractivity contribution >= 4 is 54.3 Å². The van der Waals surface area contributed by atoms with Crippen LogP contribution in [0.3, 0.4) is 0 Å². The number of para-hydroxylation sites is 2. The highest BCUT2D eigenvalue weighted by Gasteiger charge is 2.32. The lowest BCUT2D eigenvalue weighted by Crippen LogP contribution is -2.03. The largest absolute Gasteiger partial charge is 0.277 e. The van der Waals surface area contributed by atoms with Crippen molar-refractivity contribution in [2.45, 2.75) is 0 Å². The monoisotopic (exact) mass is 697 g/mol. The molecule has 0 bridgehead atoms. The predicted octanol–water partition coefficient (Wildman–Crippen LogP) is 13.7. The van der Waals surface area contributed by atoms with Crippen molar-refractivity contribution in [3.8, 4) is 61.7 Å². The van der Waals surface area contributed by atoms with E-state index in [1.807, 2.05) is 0 Å². The first-order valence-corrected chi connectivity index (χ1v) is 18.9. The quantitative estimate of drug-likeness (QED) is 0.183. The van der Waals surface area contributed by atoms with Crippen molar-refractivity contribution in [2.24, 2.45) is 0 Å². The molecule has 0 aliphatic heterocycles. The average Bonchev–Trinajstić information content (AvgIpc) is 3.77. The van der Waals surface area contributed by atoms with Crippen LogP contribution in [-0.4, -0.2) is 14.5 Å². The Morgan fingerprint density at radius 1 is 0.345 bits per heavy atom. The van der Waals surface area contributed by atoms with Gasteiger partial charge >= 0.3 is 0 Å². The van der Waals surface area contributed by atoms with Crippen LogP contribution >= 0.6 is 0 Å². The summed E-state index contributed by atoms with van der Waals surface area (Å²) in [6, 6.07) is 67.7. The van der Waals surface area contributed by atoms with Gasteiger partial charge in [-0.25, -0.2) is 9.97 Å². The number of rotatable bonds is 4. The van der Waals surface area contributed by atoms with E-state index in [1.54, 1.807) is 0 Å². The van der Waals surface area contributed by atoms with Gasteiger partial charge in [0, 0.05) is 27.1 Å². The van der Waals surface area contributed by atoms with E-state index in [9.17, 15) is 0 Å². The van der Waals surface area contributed by atoms with Crippen molar-refractivity contribution in [2.75, 3.05) is 0 Å². The minimum atomic E-state index is 0.667. The normalized spacial score (nSPS) is 12.0. The van der Waals surface area contributed by atoms with Gasteiger partial charge in [0.15, 0.2) is 0 Å². The van der Waals surface area contributed by atoms with E-state index in [4.69, 9.17) is 9.97 Å². The van der Waals surface area contributed by atoms with Crippen LogP contribution in [0.4, 0.5) is 0 Å². The third-order valence-electron chi connectivity index (χ3n) is 11.5. The molecule has 0 N–H and O–H groups in total. The molecule has 0 saturated carbocycles. The second-order valence-electron chi connectivity index (χ2n) is 14.4. The van der Waals surface area contributed by atoms with E-state index >= 15 is 0 Å². The van der Waals surface area contributed by atoms with Crippen LogP contribution < -0.4 is 0 Å². The minimum absolute atomic E-state index is 0.667. The zero-order valence-electron chi connectivity index (χ0n) is 29.7. The lowest BCUT2D eigenvalue weighted by atomic mass is 9.82. The molecule has 0 atom stereocenters. The molecule has 0 amide bonds. The van der Waals surface area contributed by atoms with Gasteiger partial charge in [0.05, 0.1) is 22.2 Å². The van der Waals surface area contributed by atoms with Crippen molar-refractivity contribution in [3.63, 3.8) is 0 Å². The molecule has 0 radical (unpaired) electrons. The van der Waals surface area contributed by atoms with Gasteiger partial charge in [0.2, 0.25) is 5.95 Å². The van der Waals surface area contributed by atoms with Crippen molar-refractivity contribution in [1.82, 2.24) is 14.5 Å². The summed E-state index contributed by atoms with van der Waals surface area (Å²) in [6.45, 7) is 0. The second kappa shape index (κ2) is 11.6. The van der Waals surface area contributed by atoms with Gasteiger partial charge in [-0.15, -0.1) is 0 Å². The smallest absolute Gasteiger partial charge is 0.235 e. The highest BCUT2D eigenvalue weighted by Crippen LogP contribution is 2.59.